The number of carbonyl (C=O) groups excluding carboxylic acids is 1. The van der Waals surface area contributed by atoms with E-state index in [1.165, 1.54) is 4.90 Å². The zero-order valence-corrected chi connectivity index (χ0v) is 13.3. The molecule has 25 heavy (non-hydrogen) atoms. The predicted octanol–water partition coefficient (Wildman–Crippen LogP) is 2.49. The standard InChI is InChI=1S/C17H18F3N3O2/c18-17(19,20)15-9-13(21-22-15)16(25)23-7-6-12(14(24)10-23)8-11-4-2-1-3-5-11/h1-5,9,12,14,24H,6-8,10H2,(H,21,22)/t12-,14-/m1/s1. The van der Waals surface area contributed by atoms with Gasteiger partial charge >= 0.3 is 6.18 Å². The van der Waals surface area contributed by atoms with Gasteiger partial charge in [-0.25, -0.2) is 0 Å². The smallest absolute Gasteiger partial charge is 0.391 e. The lowest BCUT2D eigenvalue weighted by Crippen LogP contribution is -2.47. The average Bonchev–Trinajstić information content (AvgIpc) is 3.07. The summed E-state index contributed by atoms with van der Waals surface area (Å²) in [6.07, 6.45) is -4.02. The first-order valence-corrected chi connectivity index (χ1v) is 7.98. The van der Waals surface area contributed by atoms with Crippen LogP contribution in [-0.4, -0.2) is 45.3 Å². The molecule has 1 aliphatic rings. The number of β-amino-alcohol motifs (C(OH)–C–C–N with tert-alkyl or cyclic N) is 1. The second-order valence-electron chi connectivity index (χ2n) is 6.22. The van der Waals surface area contributed by atoms with E-state index in [1.54, 1.807) is 0 Å². The van der Waals surface area contributed by atoms with Gasteiger partial charge in [0, 0.05) is 19.2 Å². The summed E-state index contributed by atoms with van der Waals surface area (Å²) in [5.41, 5.74) is -0.246. The van der Waals surface area contributed by atoms with Gasteiger partial charge in [-0.05, 0) is 24.3 Å². The number of alkyl halides is 3. The number of halogens is 3. The highest BCUT2D eigenvalue weighted by atomic mass is 19.4. The molecule has 2 heterocycles. The van der Waals surface area contributed by atoms with Crippen molar-refractivity contribution in [3.8, 4) is 0 Å². The number of aliphatic hydroxyl groups is 1. The Morgan fingerprint density at radius 2 is 2.04 bits per heavy atom. The van der Waals surface area contributed by atoms with Gasteiger partial charge < -0.3 is 10.0 Å². The van der Waals surface area contributed by atoms with E-state index in [-0.39, 0.29) is 18.2 Å². The molecule has 1 fully saturated rings. The summed E-state index contributed by atoms with van der Waals surface area (Å²) in [7, 11) is 0. The third-order valence-electron chi connectivity index (χ3n) is 4.45. The SMILES string of the molecule is O=C(c1cc(C(F)(F)F)[nH]n1)N1CC[C@H](Cc2ccccc2)[C@H](O)C1. The Morgan fingerprint density at radius 1 is 1.32 bits per heavy atom. The quantitative estimate of drug-likeness (QED) is 0.891. The first-order valence-electron chi connectivity index (χ1n) is 7.98. The van der Waals surface area contributed by atoms with Gasteiger partial charge in [0.25, 0.3) is 5.91 Å². The fraction of sp³-hybridized carbons (Fsp3) is 0.412. The summed E-state index contributed by atoms with van der Waals surface area (Å²) >= 11 is 0. The lowest BCUT2D eigenvalue weighted by atomic mass is 9.88. The number of benzene rings is 1. The van der Waals surface area contributed by atoms with Crippen LogP contribution in [0.25, 0.3) is 0 Å². The number of nitrogens with one attached hydrogen (secondary N) is 1. The number of carbonyl (C=O) groups is 1. The number of aromatic nitrogens is 2. The van der Waals surface area contributed by atoms with Crippen LogP contribution in [0.1, 0.15) is 28.2 Å². The minimum atomic E-state index is -4.58. The number of piperidine rings is 1. The van der Waals surface area contributed by atoms with E-state index in [1.807, 2.05) is 35.4 Å². The van der Waals surface area contributed by atoms with Crippen molar-refractivity contribution in [3.05, 3.63) is 53.3 Å². The summed E-state index contributed by atoms with van der Waals surface area (Å²) in [6, 6.07) is 10.4. The minimum absolute atomic E-state index is 0.0105. The molecule has 1 amide bonds. The summed E-state index contributed by atoms with van der Waals surface area (Å²) in [4.78, 5) is 13.7. The van der Waals surface area contributed by atoms with Crippen molar-refractivity contribution >= 4 is 5.91 Å². The maximum Gasteiger partial charge on any atom is 0.432 e. The molecule has 2 atom stereocenters. The fourth-order valence-corrected chi connectivity index (χ4v) is 3.06. The number of nitrogens with zero attached hydrogens (tertiary/aromatic N) is 2. The van der Waals surface area contributed by atoms with Crippen LogP contribution in [0.5, 0.6) is 0 Å². The van der Waals surface area contributed by atoms with Crippen LogP contribution >= 0.6 is 0 Å². The highest BCUT2D eigenvalue weighted by Gasteiger charge is 2.36. The molecule has 1 aliphatic heterocycles. The van der Waals surface area contributed by atoms with Gasteiger partial charge in [0.15, 0.2) is 5.69 Å². The molecule has 3 rings (SSSR count). The van der Waals surface area contributed by atoms with E-state index in [0.29, 0.717) is 25.5 Å². The van der Waals surface area contributed by atoms with Gasteiger partial charge in [0.1, 0.15) is 5.69 Å². The average molecular weight is 353 g/mol. The van der Waals surface area contributed by atoms with Gasteiger partial charge in [-0.2, -0.15) is 18.3 Å². The third kappa shape index (κ3) is 4.01. The van der Waals surface area contributed by atoms with Crippen LogP contribution in [0.3, 0.4) is 0 Å². The van der Waals surface area contributed by atoms with Crippen molar-refractivity contribution in [1.29, 1.82) is 0 Å². The second-order valence-corrected chi connectivity index (χ2v) is 6.22. The normalized spacial score (nSPS) is 21.4. The van der Waals surface area contributed by atoms with Crippen LogP contribution in [0.4, 0.5) is 13.2 Å². The number of H-pyrrole nitrogens is 1. The third-order valence-corrected chi connectivity index (χ3v) is 4.45. The summed E-state index contributed by atoms with van der Waals surface area (Å²) in [5.74, 6) is -0.597. The van der Waals surface area contributed by atoms with Crippen LogP contribution in [0, 0.1) is 5.92 Å². The molecule has 0 unspecified atom stereocenters. The Kier molecular flexibility index (Phi) is 4.80. The van der Waals surface area contributed by atoms with Crippen LogP contribution in [-0.2, 0) is 12.6 Å². The van der Waals surface area contributed by atoms with Crippen LogP contribution in [0.2, 0.25) is 0 Å². The molecule has 0 saturated carbocycles. The van der Waals surface area contributed by atoms with Crippen LogP contribution < -0.4 is 0 Å². The lowest BCUT2D eigenvalue weighted by Gasteiger charge is -2.35. The van der Waals surface area contributed by atoms with Crippen molar-refractivity contribution < 1.29 is 23.1 Å². The molecule has 1 aromatic carbocycles. The largest absolute Gasteiger partial charge is 0.432 e. The number of hydrogen-bond donors (Lipinski definition) is 2. The maximum atomic E-state index is 12.6. The maximum absolute atomic E-state index is 12.6. The van der Waals surface area contributed by atoms with Gasteiger partial charge in [-0.1, -0.05) is 30.3 Å². The molecule has 5 nitrogen and oxygen atoms in total. The van der Waals surface area contributed by atoms with Crippen molar-refractivity contribution in [2.75, 3.05) is 13.1 Å². The fourth-order valence-electron chi connectivity index (χ4n) is 3.06. The van der Waals surface area contributed by atoms with Crippen molar-refractivity contribution in [3.63, 3.8) is 0 Å². The summed E-state index contributed by atoms with van der Waals surface area (Å²) in [5, 5.41) is 15.6. The van der Waals surface area contributed by atoms with Gasteiger partial charge in [0.05, 0.1) is 6.10 Å². The van der Waals surface area contributed by atoms with E-state index in [4.69, 9.17) is 0 Å². The Morgan fingerprint density at radius 3 is 2.64 bits per heavy atom. The minimum Gasteiger partial charge on any atom is -0.391 e. The van der Waals surface area contributed by atoms with Gasteiger partial charge in [-0.15, -0.1) is 0 Å². The van der Waals surface area contributed by atoms with Gasteiger partial charge in [-0.3, -0.25) is 9.89 Å². The zero-order valence-electron chi connectivity index (χ0n) is 13.3. The highest BCUT2D eigenvalue weighted by Crippen LogP contribution is 2.28. The molecule has 0 aliphatic carbocycles. The molecule has 1 aromatic heterocycles. The first-order chi connectivity index (χ1) is 11.8. The summed E-state index contributed by atoms with van der Waals surface area (Å²) < 4.78 is 37.8. The Labute approximate surface area is 142 Å². The number of aromatic amines is 1. The van der Waals surface area contributed by atoms with Crippen molar-refractivity contribution in [2.24, 2.45) is 5.92 Å². The Hall–Kier alpha value is -2.35. The topological polar surface area (TPSA) is 69.2 Å². The Balaban J connectivity index is 1.62. The summed E-state index contributed by atoms with van der Waals surface area (Å²) in [6.45, 7) is 0.464. The molecule has 2 aromatic rings. The first kappa shape index (κ1) is 17.5. The molecular weight excluding hydrogens is 335 g/mol. The van der Waals surface area contributed by atoms with E-state index in [0.717, 1.165) is 5.56 Å². The predicted molar refractivity (Wildman–Crippen MR) is 83.8 cm³/mol. The molecule has 0 bridgehead atoms. The molecule has 134 valence electrons. The number of aliphatic hydroxyl groups excluding tert-OH is 1. The lowest BCUT2D eigenvalue weighted by molar-refractivity contribution is -0.141. The van der Waals surface area contributed by atoms with E-state index < -0.39 is 23.9 Å². The molecule has 2 N–H and O–H groups in total. The molecule has 0 radical (unpaired) electrons. The number of amides is 1. The van der Waals surface area contributed by atoms with E-state index in [9.17, 15) is 23.1 Å². The Bertz CT molecular complexity index is 730. The second kappa shape index (κ2) is 6.87. The van der Waals surface area contributed by atoms with E-state index >= 15 is 0 Å². The molecule has 1 saturated heterocycles. The monoisotopic (exact) mass is 353 g/mol. The highest BCUT2D eigenvalue weighted by molar-refractivity contribution is 5.92. The van der Waals surface area contributed by atoms with Gasteiger partial charge in [0.2, 0.25) is 0 Å². The van der Waals surface area contributed by atoms with Crippen LogP contribution in [0.15, 0.2) is 36.4 Å². The molecule has 8 heteroatoms. The van der Waals surface area contributed by atoms with Crippen molar-refractivity contribution in [2.45, 2.75) is 25.1 Å². The number of hydrogen-bond acceptors (Lipinski definition) is 3. The number of rotatable bonds is 3. The van der Waals surface area contributed by atoms with Crippen molar-refractivity contribution in [1.82, 2.24) is 15.1 Å². The molecule has 0 spiro atoms. The number of likely N-dealkylation sites (tertiary alicyclic amines) is 1. The van der Waals surface area contributed by atoms with E-state index in [2.05, 4.69) is 5.10 Å². The zero-order chi connectivity index (χ0) is 18.0. The molecular formula is C17H18F3N3O2.